The monoisotopic (exact) mass is 225 g/mol. The van der Waals surface area contributed by atoms with Crippen molar-refractivity contribution in [1.29, 1.82) is 0 Å². The maximum Gasteiger partial charge on any atom is 0.0254 e. The van der Waals surface area contributed by atoms with Gasteiger partial charge in [-0.05, 0) is 44.6 Å². The van der Waals surface area contributed by atoms with Crippen molar-refractivity contribution in [3.63, 3.8) is 0 Å². The lowest BCUT2D eigenvalue weighted by atomic mass is 9.83. The van der Waals surface area contributed by atoms with Gasteiger partial charge in [-0.15, -0.1) is 0 Å². The molecule has 0 aliphatic carbocycles. The Morgan fingerprint density at radius 2 is 1.81 bits per heavy atom. The zero-order valence-corrected chi connectivity index (χ0v) is 12.4. The number of nitrogens with one attached hydrogen (secondary N) is 1. The van der Waals surface area contributed by atoms with Crippen molar-refractivity contribution in [3.8, 4) is 0 Å². The van der Waals surface area contributed by atoms with Crippen LogP contribution in [-0.4, -0.2) is 12.6 Å². The molecule has 16 heavy (non-hydrogen) atoms. The fourth-order valence-corrected chi connectivity index (χ4v) is 2.44. The summed E-state index contributed by atoms with van der Waals surface area (Å²) in [6, 6.07) is 0.548. The molecule has 0 heterocycles. The maximum absolute atomic E-state index is 3.55. The van der Waals surface area contributed by atoms with Crippen molar-refractivity contribution < 1.29 is 0 Å². The summed E-state index contributed by atoms with van der Waals surface area (Å²) >= 11 is 0. The molecule has 0 saturated carbocycles. The number of likely N-dealkylation sites (N-methyl/N-ethyl adjacent to an activating group) is 1. The van der Waals surface area contributed by atoms with E-state index < -0.39 is 0 Å². The Morgan fingerprint density at radius 1 is 1.25 bits per heavy atom. The zero-order chi connectivity index (χ0) is 12.8. The van der Waals surface area contributed by atoms with Crippen molar-refractivity contribution in [1.82, 2.24) is 5.32 Å². The number of rotatable bonds is 6. The fourth-order valence-electron chi connectivity index (χ4n) is 2.44. The molecule has 96 valence electrons. The molecule has 0 aromatic rings. The molecule has 2 atom stereocenters. The van der Waals surface area contributed by atoms with Gasteiger partial charge in [-0.3, -0.25) is 0 Å². The highest BCUT2D eigenvalue weighted by Crippen LogP contribution is 2.26. The lowest BCUT2D eigenvalue weighted by molar-refractivity contribution is 0.285. The molecule has 0 aliphatic rings. The summed E-state index contributed by atoms with van der Waals surface area (Å²) < 4.78 is 0. The summed E-state index contributed by atoms with van der Waals surface area (Å²) in [5.74, 6) is 0.777. The second-order valence-corrected chi connectivity index (χ2v) is 6.51. The minimum Gasteiger partial charge on any atom is -0.311 e. The smallest absolute Gasteiger partial charge is 0.0254 e. The molecule has 0 aromatic heterocycles. The second-order valence-electron chi connectivity index (χ2n) is 6.51. The minimum atomic E-state index is 0.446. The summed E-state index contributed by atoms with van der Waals surface area (Å²) in [4.78, 5) is 0. The van der Waals surface area contributed by atoms with E-state index in [9.17, 15) is 0 Å². The van der Waals surface area contributed by atoms with Crippen LogP contribution in [0.2, 0.25) is 0 Å². The highest BCUT2D eigenvalue weighted by molar-refractivity contribution is 5.01. The molecule has 0 spiro atoms. The van der Waals surface area contributed by atoms with Crippen LogP contribution in [0.25, 0.3) is 0 Å². The van der Waals surface area contributed by atoms with Gasteiger partial charge < -0.3 is 5.32 Å². The van der Waals surface area contributed by atoms with Gasteiger partial charge in [0, 0.05) is 6.04 Å². The average Bonchev–Trinajstić information content (AvgIpc) is 1.98. The lowest BCUT2D eigenvalue weighted by Crippen LogP contribution is -2.29. The largest absolute Gasteiger partial charge is 0.311 e. The first-order chi connectivity index (χ1) is 7.24. The van der Waals surface area contributed by atoms with Crippen LogP contribution in [-0.2, 0) is 0 Å². The molecule has 1 N–H and O–H groups in total. The van der Waals surface area contributed by atoms with E-state index >= 15 is 0 Å². The van der Waals surface area contributed by atoms with Gasteiger partial charge in [0.2, 0.25) is 0 Å². The molecular weight excluding hydrogens is 194 g/mol. The molecule has 1 heteroatoms. The van der Waals surface area contributed by atoms with E-state index in [0.29, 0.717) is 11.5 Å². The van der Waals surface area contributed by atoms with Crippen LogP contribution in [0.3, 0.4) is 0 Å². The number of allylic oxidation sites excluding steroid dienone is 1. The Kier molecular flexibility index (Phi) is 6.98. The van der Waals surface area contributed by atoms with Gasteiger partial charge >= 0.3 is 0 Å². The Bertz CT molecular complexity index is 206. The Hall–Kier alpha value is -0.300. The average molecular weight is 225 g/mol. The minimum absolute atomic E-state index is 0.446. The third-order valence-corrected chi connectivity index (χ3v) is 2.62. The Labute approximate surface area is 103 Å². The SMILES string of the molecule is CCNC(C=C(C)C)CC(C)CC(C)(C)C. The standard InChI is InChI=1S/C15H31N/c1-8-16-14(9-12(2)3)10-13(4)11-15(5,6)7/h9,13-14,16H,8,10-11H2,1-7H3. The topological polar surface area (TPSA) is 12.0 Å². The van der Waals surface area contributed by atoms with Gasteiger partial charge in [-0.25, -0.2) is 0 Å². The number of hydrogen-bond acceptors (Lipinski definition) is 1. The van der Waals surface area contributed by atoms with Gasteiger partial charge in [0.1, 0.15) is 0 Å². The van der Waals surface area contributed by atoms with E-state index in [4.69, 9.17) is 0 Å². The third kappa shape index (κ3) is 8.96. The highest BCUT2D eigenvalue weighted by Gasteiger charge is 2.17. The molecular formula is C15H31N. The van der Waals surface area contributed by atoms with Crippen LogP contribution in [0, 0.1) is 11.3 Å². The van der Waals surface area contributed by atoms with E-state index in [-0.39, 0.29) is 0 Å². The molecule has 1 nitrogen and oxygen atoms in total. The van der Waals surface area contributed by atoms with E-state index in [1.807, 2.05) is 0 Å². The molecule has 0 bridgehead atoms. The van der Waals surface area contributed by atoms with Gasteiger partial charge in [-0.1, -0.05) is 46.3 Å². The Balaban J connectivity index is 4.23. The first-order valence-corrected chi connectivity index (χ1v) is 6.63. The predicted molar refractivity (Wildman–Crippen MR) is 74.7 cm³/mol. The van der Waals surface area contributed by atoms with Crippen LogP contribution in [0.4, 0.5) is 0 Å². The quantitative estimate of drug-likeness (QED) is 0.661. The summed E-state index contributed by atoms with van der Waals surface area (Å²) in [6.07, 6.45) is 4.91. The summed E-state index contributed by atoms with van der Waals surface area (Å²) in [5.41, 5.74) is 1.86. The second kappa shape index (κ2) is 7.11. The van der Waals surface area contributed by atoms with Crippen LogP contribution in [0.15, 0.2) is 11.6 Å². The van der Waals surface area contributed by atoms with Crippen molar-refractivity contribution in [2.24, 2.45) is 11.3 Å². The van der Waals surface area contributed by atoms with E-state index in [1.54, 1.807) is 0 Å². The van der Waals surface area contributed by atoms with E-state index in [2.05, 4.69) is 59.9 Å². The van der Waals surface area contributed by atoms with Gasteiger partial charge in [-0.2, -0.15) is 0 Å². The molecule has 0 fully saturated rings. The maximum atomic E-state index is 3.55. The molecule has 0 amide bonds. The first kappa shape index (κ1) is 15.7. The summed E-state index contributed by atoms with van der Waals surface area (Å²) in [5, 5.41) is 3.55. The van der Waals surface area contributed by atoms with Gasteiger partial charge in [0.15, 0.2) is 0 Å². The van der Waals surface area contributed by atoms with E-state index in [0.717, 1.165) is 12.5 Å². The molecule has 0 aromatic carbocycles. The highest BCUT2D eigenvalue weighted by atomic mass is 14.9. The van der Waals surface area contributed by atoms with Crippen LogP contribution >= 0.6 is 0 Å². The van der Waals surface area contributed by atoms with Crippen LogP contribution in [0.1, 0.15) is 61.3 Å². The first-order valence-electron chi connectivity index (χ1n) is 6.63. The number of hydrogen-bond donors (Lipinski definition) is 1. The molecule has 0 rings (SSSR count). The normalized spacial score (nSPS) is 15.7. The van der Waals surface area contributed by atoms with Gasteiger partial charge in [0.25, 0.3) is 0 Å². The van der Waals surface area contributed by atoms with Crippen molar-refractivity contribution in [3.05, 3.63) is 11.6 Å². The molecule has 0 saturated heterocycles. The lowest BCUT2D eigenvalue weighted by Gasteiger charge is -2.26. The summed E-state index contributed by atoms with van der Waals surface area (Å²) in [7, 11) is 0. The van der Waals surface area contributed by atoms with Crippen molar-refractivity contribution in [2.75, 3.05) is 6.54 Å². The zero-order valence-electron chi connectivity index (χ0n) is 12.4. The fraction of sp³-hybridized carbons (Fsp3) is 0.867. The Morgan fingerprint density at radius 3 is 2.19 bits per heavy atom. The third-order valence-electron chi connectivity index (χ3n) is 2.62. The van der Waals surface area contributed by atoms with Gasteiger partial charge in [0.05, 0.1) is 0 Å². The predicted octanol–water partition coefficient (Wildman–Crippen LogP) is 4.39. The van der Waals surface area contributed by atoms with Crippen LogP contribution < -0.4 is 5.32 Å². The molecule has 0 aliphatic heterocycles. The van der Waals surface area contributed by atoms with Crippen molar-refractivity contribution >= 4 is 0 Å². The van der Waals surface area contributed by atoms with Crippen LogP contribution in [0.5, 0.6) is 0 Å². The summed E-state index contributed by atoms with van der Waals surface area (Å²) in [6.45, 7) is 16.9. The molecule has 0 radical (unpaired) electrons. The molecule has 2 unspecified atom stereocenters. The van der Waals surface area contributed by atoms with E-state index in [1.165, 1.54) is 18.4 Å². The van der Waals surface area contributed by atoms with Crippen molar-refractivity contribution in [2.45, 2.75) is 67.3 Å².